The van der Waals surface area contributed by atoms with Gasteiger partial charge in [0, 0.05) is 5.54 Å². The van der Waals surface area contributed by atoms with Crippen molar-refractivity contribution in [3.05, 3.63) is 29.3 Å². The normalized spacial score (nSPS) is 20.4. The van der Waals surface area contributed by atoms with Gasteiger partial charge in [-0.3, -0.25) is 0 Å². The molecule has 1 unspecified atom stereocenters. The number of nitrogens with two attached hydrogens (primary N) is 1. The van der Waals surface area contributed by atoms with Crippen LogP contribution in [-0.4, -0.2) is 12.6 Å². The number of aryl methyl sites for hydroxylation is 1. The zero-order valence-electron chi connectivity index (χ0n) is 10.4. The van der Waals surface area contributed by atoms with Gasteiger partial charge in [-0.05, 0) is 56.2 Å². The molecule has 0 aromatic heterocycles. The van der Waals surface area contributed by atoms with E-state index < -0.39 is 0 Å². The van der Waals surface area contributed by atoms with Gasteiger partial charge in [-0.1, -0.05) is 12.1 Å². The zero-order valence-corrected chi connectivity index (χ0v) is 10.4. The summed E-state index contributed by atoms with van der Waals surface area (Å²) in [5.74, 6) is 1.57. The molecule has 0 amide bonds. The third kappa shape index (κ3) is 2.07. The van der Waals surface area contributed by atoms with Gasteiger partial charge in [0.2, 0.25) is 0 Å². The summed E-state index contributed by atoms with van der Waals surface area (Å²) < 4.78 is 5.43. The second-order valence-electron chi connectivity index (χ2n) is 5.36. The van der Waals surface area contributed by atoms with Crippen LogP contribution >= 0.6 is 0 Å². The van der Waals surface area contributed by atoms with Crippen molar-refractivity contribution >= 4 is 0 Å². The molecule has 0 radical (unpaired) electrons. The van der Waals surface area contributed by atoms with E-state index >= 15 is 0 Å². The van der Waals surface area contributed by atoms with Crippen LogP contribution in [0, 0.1) is 5.92 Å². The molecule has 1 aromatic rings. The lowest BCUT2D eigenvalue weighted by Gasteiger charge is -2.35. The maximum atomic E-state index is 6.22. The Bertz CT molecular complexity index is 365. The smallest absolute Gasteiger partial charge is 0.122 e. The van der Waals surface area contributed by atoms with Crippen molar-refractivity contribution in [1.29, 1.82) is 0 Å². The quantitative estimate of drug-likeness (QED) is 0.829. The highest BCUT2D eigenvalue weighted by molar-refractivity contribution is 5.42. The molecule has 2 heteroatoms. The van der Waals surface area contributed by atoms with Crippen molar-refractivity contribution in [2.24, 2.45) is 11.7 Å². The maximum Gasteiger partial charge on any atom is 0.122 e. The Kier molecular flexibility index (Phi) is 2.94. The summed E-state index contributed by atoms with van der Waals surface area (Å²) in [4.78, 5) is 0. The van der Waals surface area contributed by atoms with Crippen molar-refractivity contribution in [2.75, 3.05) is 7.11 Å². The predicted octanol–water partition coefficient (Wildman–Crippen LogP) is 2.54. The number of hydrogen-bond acceptors (Lipinski definition) is 2. The summed E-state index contributed by atoms with van der Waals surface area (Å²) in [6, 6.07) is 6.33. The lowest BCUT2D eigenvalue weighted by molar-refractivity contribution is 0.283. The fraction of sp³-hybridized carbons (Fsp3) is 0.571. The van der Waals surface area contributed by atoms with Gasteiger partial charge in [0.15, 0.2) is 0 Å². The van der Waals surface area contributed by atoms with Crippen LogP contribution in [0.15, 0.2) is 18.2 Å². The monoisotopic (exact) mass is 219 g/mol. The first kappa shape index (κ1) is 11.5. The van der Waals surface area contributed by atoms with Crippen molar-refractivity contribution < 1.29 is 4.74 Å². The Morgan fingerprint density at radius 2 is 2.12 bits per heavy atom. The lowest BCUT2D eigenvalue weighted by Crippen LogP contribution is -2.43. The van der Waals surface area contributed by atoms with E-state index in [1.807, 2.05) is 6.07 Å². The highest BCUT2D eigenvalue weighted by Gasteiger charge is 2.30. The Balaban J connectivity index is 2.31. The molecule has 2 N–H and O–H groups in total. The molecule has 88 valence electrons. The van der Waals surface area contributed by atoms with E-state index in [0.29, 0.717) is 5.92 Å². The minimum absolute atomic E-state index is 0.0987. The Morgan fingerprint density at radius 1 is 1.38 bits per heavy atom. The molecule has 0 saturated carbocycles. The van der Waals surface area contributed by atoms with E-state index in [2.05, 4.69) is 26.0 Å². The Hall–Kier alpha value is -1.02. The lowest BCUT2D eigenvalue weighted by atomic mass is 9.74. The van der Waals surface area contributed by atoms with E-state index in [-0.39, 0.29) is 5.54 Å². The SMILES string of the molecule is COc1cccc2c1CC(C(C)(C)N)CC2. The topological polar surface area (TPSA) is 35.2 Å². The molecule has 0 fully saturated rings. The van der Waals surface area contributed by atoms with E-state index in [0.717, 1.165) is 18.6 Å². The number of ether oxygens (including phenoxy) is 1. The molecule has 2 nitrogen and oxygen atoms in total. The van der Waals surface area contributed by atoms with Crippen LogP contribution in [0.3, 0.4) is 0 Å². The summed E-state index contributed by atoms with van der Waals surface area (Å²) in [6.45, 7) is 4.25. The largest absolute Gasteiger partial charge is 0.496 e. The Labute approximate surface area is 97.8 Å². The molecular formula is C14H21NO. The van der Waals surface area contributed by atoms with Crippen molar-refractivity contribution in [1.82, 2.24) is 0 Å². The first-order chi connectivity index (χ1) is 7.52. The number of fused-ring (bicyclic) bond motifs is 1. The maximum absolute atomic E-state index is 6.22. The van der Waals surface area contributed by atoms with Crippen LogP contribution < -0.4 is 10.5 Å². The number of rotatable bonds is 2. The van der Waals surface area contributed by atoms with Crippen LogP contribution in [0.25, 0.3) is 0 Å². The highest BCUT2D eigenvalue weighted by Crippen LogP contribution is 2.35. The van der Waals surface area contributed by atoms with E-state index in [4.69, 9.17) is 10.5 Å². The van der Waals surface area contributed by atoms with Gasteiger partial charge >= 0.3 is 0 Å². The number of hydrogen-bond donors (Lipinski definition) is 1. The molecule has 16 heavy (non-hydrogen) atoms. The number of methoxy groups -OCH3 is 1. The third-order valence-corrected chi connectivity index (χ3v) is 3.71. The summed E-state index contributed by atoms with van der Waals surface area (Å²) >= 11 is 0. The van der Waals surface area contributed by atoms with Gasteiger partial charge in [0.05, 0.1) is 7.11 Å². The van der Waals surface area contributed by atoms with E-state index in [1.54, 1.807) is 7.11 Å². The molecular weight excluding hydrogens is 198 g/mol. The molecule has 0 spiro atoms. The third-order valence-electron chi connectivity index (χ3n) is 3.71. The average Bonchev–Trinajstić information content (AvgIpc) is 2.26. The minimum Gasteiger partial charge on any atom is -0.496 e. The molecule has 0 heterocycles. The molecule has 1 aromatic carbocycles. The van der Waals surface area contributed by atoms with Gasteiger partial charge in [0.25, 0.3) is 0 Å². The van der Waals surface area contributed by atoms with Crippen LogP contribution in [0.4, 0.5) is 0 Å². The van der Waals surface area contributed by atoms with Crippen molar-refractivity contribution in [3.63, 3.8) is 0 Å². The molecule has 0 saturated heterocycles. The Morgan fingerprint density at radius 3 is 2.75 bits per heavy atom. The van der Waals surface area contributed by atoms with Crippen molar-refractivity contribution in [2.45, 2.75) is 38.6 Å². The minimum atomic E-state index is -0.0987. The zero-order chi connectivity index (χ0) is 11.8. The highest BCUT2D eigenvalue weighted by atomic mass is 16.5. The fourth-order valence-electron chi connectivity index (χ4n) is 2.58. The van der Waals surface area contributed by atoms with Gasteiger partial charge in [-0.25, -0.2) is 0 Å². The standard InChI is InChI=1S/C14H21NO/c1-14(2,15)11-8-7-10-5-4-6-13(16-3)12(10)9-11/h4-6,11H,7-9,15H2,1-3H3. The van der Waals surface area contributed by atoms with Crippen LogP contribution in [0.5, 0.6) is 5.75 Å². The molecule has 0 bridgehead atoms. The fourth-order valence-corrected chi connectivity index (χ4v) is 2.58. The summed E-state index contributed by atoms with van der Waals surface area (Å²) in [6.07, 6.45) is 3.35. The van der Waals surface area contributed by atoms with E-state index in [1.165, 1.54) is 17.5 Å². The first-order valence-corrected chi connectivity index (χ1v) is 5.96. The molecule has 1 aliphatic carbocycles. The van der Waals surface area contributed by atoms with Gasteiger partial charge in [-0.2, -0.15) is 0 Å². The average molecular weight is 219 g/mol. The molecule has 2 rings (SSSR count). The van der Waals surface area contributed by atoms with Crippen LogP contribution in [0.2, 0.25) is 0 Å². The molecule has 0 aliphatic heterocycles. The van der Waals surface area contributed by atoms with Gasteiger partial charge in [-0.15, -0.1) is 0 Å². The predicted molar refractivity (Wildman–Crippen MR) is 66.8 cm³/mol. The molecule has 1 atom stereocenters. The van der Waals surface area contributed by atoms with Crippen molar-refractivity contribution in [3.8, 4) is 5.75 Å². The van der Waals surface area contributed by atoms with Crippen LogP contribution in [0.1, 0.15) is 31.4 Å². The van der Waals surface area contributed by atoms with E-state index in [9.17, 15) is 0 Å². The van der Waals surface area contributed by atoms with Gasteiger partial charge in [0.1, 0.15) is 5.75 Å². The summed E-state index contributed by atoms with van der Waals surface area (Å²) in [5, 5.41) is 0. The summed E-state index contributed by atoms with van der Waals surface area (Å²) in [5.41, 5.74) is 8.91. The van der Waals surface area contributed by atoms with Crippen LogP contribution in [-0.2, 0) is 12.8 Å². The summed E-state index contributed by atoms with van der Waals surface area (Å²) in [7, 11) is 1.74. The second-order valence-corrected chi connectivity index (χ2v) is 5.36. The second kappa shape index (κ2) is 4.10. The van der Waals surface area contributed by atoms with Gasteiger partial charge < -0.3 is 10.5 Å². The first-order valence-electron chi connectivity index (χ1n) is 5.96. The number of benzene rings is 1. The molecule has 1 aliphatic rings.